The van der Waals surface area contributed by atoms with E-state index in [0.29, 0.717) is 0 Å². The van der Waals surface area contributed by atoms with Crippen molar-refractivity contribution in [2.75, 3.05) is 27.9 Å². The second-order valence-corrected chi connectivity index (χ2v) is 3.21. The Bertz CT molecular complexity index is 220. The van der Waals surface area contributed by atoms with Crippen LogP contribution in [-0.4, -0.2) is 68.8 Å². The van der Waals surface area contributed by atoms with Gasteiger partial charge in [0.25, 0.3) is 0 Å². The van der Waals surface area contributed by atoms with E-state index < -0.39 is 30.7 Å². The minimum atomic E-state index is -1.13. The van der Waals surface area contributed by atoms with Gasteiger partial charge in [0.1, 0.15) is 24.4 Å². The van der Waals surface area contributed by atoms with Crippen LogP contribution in [0.25, 0.3) is 0 Å². The summed E-state index contributed by atoms with van der Waals surface area (Å²) >= 11 is 0. The Hall–Kier alpha value is -0.240. The lowest BCUT2D eigenvalue weighted by Gasteiger charge is -2.42. The van der Waals surface area contributed by atoms with Gasteiger partial charge in [-0.2, -0.15) is 0 Å². The zero-order valence-corrected chi connectivity index (χ0v) is 8.54. The minimum absolute atomic E-state index is 0.352. The van der Waals surface area contributed by atoms with Crippen molar-refractivity contribution in [2.24, 2.45) is 0 Å². The summed E-state index contributed by atoms with van der Waals surface area (Å²) < 4.78 is 34.3. The summed E-state index contributed by atoms with van der Waals surface area (Å²) in [7, 11) is 0.632. The van der Waals surface area contributed by atoms with E-state index in [2.05, 4.69) is 0 Å². The molecule has 15 heavy (non-hydrogen) atoms. The number of rotatable bonds is 4. The number of hydrogen-bond acceptors (Lipinski definition) is 6. The molecule has 6 nitrogen and oxygen atoms in total. The molecule has 1 rings (SSSR count). The largest absolute Gasteiger partial charge is 0.394 e. The summed E-state index contributed by atoms with van der Waals surface area (Å²) in [5, 5.41) is 19.1. The molecule has 0 aromatic carbocycles. The van der Waals surface area contributed by atoms with Gasteiger partial charge in [-0.25, -0.2) is 0 Å². The highest BCUT2D eigenvalue weighted by Gasteiger charge is 2.45. The van der Waals surface area contributed by atoms with Gasteiger partial charge < -0.3 is 29.2 Å². The smallest absolute Gasteiger partial charge is 0.186 e. The van der Waals surface area contributed by atoms with E-state index in [-0.39, 0.29) is 20.8 Å². The fourth-order valence-electron chi connectivity index (χ4n) is 1.63. The van der Waals surface area contributed by atoms with E-state index in [1.165, 1.54) is 7.11 Å². The molecule has 1 saturated heterocycles. The van der Waals surface area contributed by atoms with E-state index in [9.17, 15) is 5.11 Å². The second-order valence-electron chi connectivity index (χ2n) is 3.21. The van der Waals surface area contributed by atoms with Gasteiger partial charge in [-0.1, -0.05) is 0 Å². The van der Waals surface area contributed by atoms with Gasteiger partial charge >= 0.3 is 0 Å². The summed E-state index contributed by atoms with van der Waals surface area (Å²) in [6.45, 7) is -0.352. The second kappa shape index (κ2) is 5.74. The topological polar surface area (TPSA) is 77.4 Å². The molecule has 6 heteroatoms. The first-order valence-electron chi connectivity index (χ1n) is 5.89. The van der Waals surface area contributed by atoms with Crippen LogP contribution < -0.4 is 0 Å². The molecule has 1 fully saturated rings. The molecule has 2 N–H and O–H groups in total. The first-order valence-corrected chi connectivity index (χ1v) is 4.48. The summed E-state index contributed by atoms with van der Waals surface area (Å²) in [4.78, 5) is 0. The predicted molar refractivity (Wildman–Crippen MR) is 50.4 cm³/mol. The summed E-state index contributed by atoms with van der Waals surface area (Å²) in [6.07, 6.45) is -4.51. The molecule has 5 atom stereocenters. The highest BCUT2D eigenvalue weighted by Crippen LogP contribution is 2.25. The Morgan fingerprint density at radius 3 is 2.47 bits per heavy atom. The van der Waals surface area contributed by atoms with Crippen molar-refractivity contribution in [3.05, 3.63) is 0 Å². The van der Waals surface area contributed by atoms with Crippen molar-refractivity contribution in [3.8, 4) is 0 Å². The molecule has 0 aromatic rings. The van der Waals surface area contributed by atoms with Gasteiger partial charge in [-0.3, -0.25) is 0 Å². The van der Waals surface area contributed by atoms with Gasteiger partial charge in [0.05, 0.1) is 9.35 Å². The Kier molecular flexibility index (Phi) is 3.81. The Morgan fingerprint density at radius 1 is 1.27 bits per heavy atom. The fraction of sp³-hybridized carbons (Fsp3) is 1.00. The van der Waals surface area contributed by atoms with E-state index in [4.69, 9.17) is 26.8 Å². The van der Waals surface area contributed by atoms with Gasteiger partial charge in [0, 0.05) is 21.3 Å². The van der Waals surface area contributed by atoms with Crippen LogP contribution in [0.15, 0.2) is 0 Å². The van der Waals surface area contributed by atoms with Crippen LogP contribution >= 0.6 is 0 Å². The minimum Gasteiger partial charge on any atom is -0.394 e. The highest BCUT2D eigenvalue weighted by atomic mass is 16.7. The van der Waals surface area contributed by atoms with Crippen LogP contribution in [0.3, 0.4) is 0 Å². The van der Waals surface area contributed by atoms with Gasteiger partial charge in [-0.15, -0.1) is 0 Å². The summed E-state index contributed by atoms with van der Waals surface area (Å²) in [6, 6.07) is 0. The van der Waals surface area contributed by atoms with Gasteiger partial charge in [-0.05, 0) is 0 Å². The standard InChI is InChI=1S/C9H18O6/c1-12-7-5(4-10)15-9(14-3)6(11)8(7)13-2/h5-11H,4H2,1-3H3/t5-,6-,7-,8-,9?/m1/s1/i1D,2D. The number of methoxy groups -OCH3 is 3. The maximum atomic E-state index is 9.89. The lowest BCUT2D eigenvalue weighted by atomic mass is 9.99. The lowest BCUT2D eigenvalue weighted by Crippen LogP contribution is -2.60. The maximum absolute atomic E-state index is 9.89. The molecular weight excluding hydrogens is 204 g/mol. The predicted octanol–water partition coefficient (Wildman–Crippen LogP) is -1.26. The average molecular weight is 224 g/mol. The molecule has 1 aliphatic heterocycles. The molecule has 90 valence electrons. The quantitative estimate of drug-likeness (QED) is 0.620. The molecule has 0 saturated carbocycles. The van der Waals surface area contributed by atoms with Crippen molar-refractivity contribution in [1.29, 1.82) is 0 Å². The Morgan fingerprint density at radius 2 is 1.93 bits per heavy atom. The van der Waals surface area contributed by atoms with Crippen LogP contribution in [0.1, 0.15) is 2.74 Å². The number of aliphatic hydroxyl groups excluding tert-OH is 2. The van der Waals surface area contributed by atoms with Gasteiger partial charge in [0.15, 0.2) is 6.29 Å². The van der Waals surface area contributed by atoms with Crippen LogP contribution in [0.5, 0.6) is 0 Å². The molecule has 0 amide bonds. The lowest BCUT2D eigenvalue weighted by molar-refractivity contribution is -0.301. The molecule has 0 bridgehead atoms. The fourth-order valence-corrected chi connectivity index (χ4v) is 1.63. The molecular formula is C9H18O6. The van der Waals surface area contributed by atoms with E-state index in [1.54, 1.807) is 0 Å². The Balaban J connectivity index is 2.80. The van der Waals surface area contributed by atoms with E-state index in [1.807, 2.05) is 0 Å². The van der Waals surface area contributed by atoms with Crippen molar-refractivity contribution in [2.45, 2.75) is 30.7 Å². The molecule has 1 heterocycles. The third kappa shape index (κ3) is 2.47. The van der Waals surface area contributed by atoms with Crippen molar-refractivity contribution < 1.29 is 31.9 Å². The number of hydrogen-bond donors (Lipinski definition) is 2. The zero-order valence-electron chi connectivity index (χ0n) is 10.5. The van der Waals surface area contributed by atoms with Crippen LogP contribution in [-0.2, 0) is 18.9 Å². The van der Waals surface area contributed by atoms with Crippen LogP contribution in [0, 0.1) is 0 Å². The van der Waals surface area contributed by atoms with E-state index in [0.717, 1.165) is 0 Å². The summed E-state index contributed by atoms with van der Waals surface area (Å²) in [5.41, 5.74) is 0. The highest BCUT2D eigenvalue weighted by molar-refractivity contribution is 4.90. The maximum Gasteiger partial charge on any atom is 0.186 e. The van der Waals surface area contributed by atoms with Crippen molar-refractivity contribution in [3.63, 3.8) is 0 Å². The van der Waals surface area contributed by atoms with Crippen molar-refractivity contribution >= 4 is 0 Å². The monoisotopic (exact) mass is 224 g/mol. The van der Waals surface area contributed by atoms with Crippen LogP contribution in [0.4, 0.5) is 0 Å². The SMILES string of the molecule is [2H]CO[C@H]1[C@H](OC[2H])[C@@H](O)C(OC)O[C@@H]1CO. The summed E-state index contributed by atoms with van der Waals surface area (Å²) in [5.74, 6) is 0. The first-order chi connectivity index (χ1) is 8.19. The first kappa shape index (κ1) is 9.95. The third-order valence-electron chi connectivity index (χ3n) is 2.41. The normalized spacial score (nSPS) is 43.5. The molecule has 1 aliphatic rings. The molecule has 0 spiro atoms. The third-order valence-corrected chi connectivity index (χ3v) is 2.41. The van der Waals surface area contributed by atoms with Crippen molar-refractivity contribution in [1.82, 2.24) is 0 Å². The number of ether oxygens (including phenoxy) is 4. The zero-order chi connectivity index (χ0) is 12.8. The molecule has 0 radical (unpaired) electrons. The number of aliphatic hydroxyl groups is 2. The average Bonchev–Trinajstić information content (AvgIpc) is 2.34. The van der Waals surface area contributed by atoms with Gasteiger partial charge in [0.2, 0.25) is 0 Å². The van der Waals surface area contributed by atoms with E-state index >= 15 is 0 Å². The molecule has 1 unspecified atom stereocenters. The molecule has 0 aromatic heterocycles. The molecule has 0 aliphatic carbocycles. The van der Waals surface area contributed by atoms with Crippen LogP contribution in [0.2, 0.25) is 0 Å². The Labute approximate surface area is 91.5 Å².